The first-order valence-corrected chi connectivity index (χ1v) is 14.3. The number of benzene rings is 2. The largest absolute Gasteiger partial charge is 0.326 e. The summed E-state index contributed by atoms with van der Waals surface area (Å²) in [5.41, 5.74) is 3.84. The number of nitrogens with one attached hydrogen (secondary N) is 2. The van der Waals surface area contributed by atoms with Gasteiger partial charge in [0, 0.05) is 46.0 Å². The van der Waals surface area contributed by atoms with E-state index in [1.165, 1.54) is 12.1 Å². The summed E-state index contributed by atoms with van der Waals surface area (Å²) < 4.78 is 18.1. The van der Waals surface area contributed by atoms with E-state index in [0.717, 1.165) is 51.2 Å². The number of carbonyl (C=O) groups is 2. The van der Waals surface area contributed by atoms with Gasteiger partial charge in [0.05, 0.1) is 24.2 Å². The van der Waals surface area contributed by atoms with Crippen LogP contribution in [0.4, 0.5) is 15.9 Å². The van der Waals surface area contributed by atoms with Crippen LogP contribution in [0.1, 0.15) is 28.8 Å². The van der Waals surface area contributed by atoms with Crippen LogP contribution in [0.5, 0.6) is 0 Å². The summed E-state index contributed by atoms with van der Waals surface area (Å²) in [4.78, 5) is 33.3. The molecule has 0 bridgehead atoms. The summed E-state index contributed by atoms with van der Waals surface area (Å²) in [7, 11) is 1.74. The van der Waals surface area contributed by atoms with Crippen LogP contribution in [0, 0.1) is 5.82 Å². The molecule has 1 fully saturated rings. The van der Waals surface area contributed by atoms with E-state index in [-0.39, 0.29) is 17.5 Å². The number of piperidine rings is 1. The summed E-state index contributed by atoms with van der Waals surface area (Å²) in [6, 6.07) is 14.3. The number of hydrogen-bond acceptors (Lipinski definition) is 7. The predicted octanol–water partition coefficient (Wildman–Crippen LogP) is 4.79. The molecule has 7 rings (SSSR count). The molecule has 3 aromatic heterocycles. The van der Waals surface area contributed by atoms with E-state index >= 15 is 4.39 Å². The number of anilines is 2. The van der Waals surface area contributed by atoms with Crippen molar-refractivity contribution < 1.29 is 14.0 Å². The summed E-state index contributed by atoms with van der Waals surface area (Å²) in [5, 5.41) is 15.1. The third kappa shape index (κ3) is 4.66. The van der Waals surface area contributed by atoms with Crippen molar-refractivity contribution in [3.8, 4) is 21.7 Å². The van der Waals surface area contributed by atoms with Gasteiger partial charge in [0.25, 0.3) is 5.91 Å². The van der Waals surface area contributed by atoms with Gasteiger partial charge in [-0.05, 0) is 60.8 Å². The van der Waals surface area contributed by atoms with Crippen molar-refractivity contribution in [1.82, 2.24) is 25.3 Å². The van der Waals surface area contributed by atoms with E-state index in [4.69, 9.17) is 0 Å². The van der Waals surface area contributed by atoms with Crippen LogP contribution in [0.3, 0.4) is 0 Å². The zero-order valence-electron chi connectivity index (χ0n) is 22.2. The molecule has 1 saturated heterocycles. The lowest BCUT2D eigenvalue weighted by Gasteiger charge is -2.34. The minimum atomic E-state index is -0.620. The average Bonchev–Trinajstić information content (AvgIpc) is 3.70. The number of aryl methyl sites for hydroxylation is 1. The fraction of sp³-hybridized carbons (Fsp3) is 0.233. The van der Waals surface area contributed by atoms with Gasteiger partial charge in [0.2, 0.25) is 5.91 Å². The maximum atomic E-state index is 15.5. The number of aromatic nitrogens is 4. The van der Waals surface area contributed by atoms with Crippen molar-refractivity contribution in [3.05, 3.63) is 77.9 Å². The number of pyridine rings is 1. The molecular weight excluding hydrogens is 541 g/mol. The van der Waals surface area contributed by atoms with Crippen molar-refractivity contribution in [2.24, 2.45) is 7.05 Å². The molecule has 5 aromatic rings. The number of nitrogens with zero attached hydrogens (tertiary/aromatic N) is 5. The Morgan fingerprint density at radius 3 is 2.80 bits per heavy atom. The highest BCUT2D eigenvalue weighted by atomic mass is 32.1. The quantitative estimate of drug-likeness (QED) is 0.317. The highest BCUT2D eigenvalue weighted by Crippen LogP contribution is 2.40. The zero-order valence-corrected chi connectivity index (χ0v) is 23.0. The molecule has 0 saturated carbocycles. The molecule has 206 valence electrons. The average molecular weight is 568 g/mol. The van der Waals surface area contributed by atoms with Gasteiger partial charge in [-0.1, -0.05) is 23.4 Å². The molecule has 5 heterocycles. The van der Waals surface area contributed by atoms with Gasteiger partial charge in [-0.2, -0.15) is 0 Å². The van der Waals surface area contributed by atoms with Crippen LogP contribution >= 0.6 is 11.3 Å². The standard InChI is InChI=1S/C30H26FN7O2S/c1-37-16-25(35-36-37)17-6-7-21(23(31)11-17)30(40)38(20-3-2-9-32-15-20)29-22-14-27(41-26(22)8-10-33-29)19-5-4-18-13-28(39)34-24(18)12-19/h4-8,10-12,14,16,20,32H,2-3,9,13,15H2,1H3,(H,34,39)/t20-/m1/s1. The number of thiophene rings is 1. The number of halogens is 1. The first-order chi connectivity index (χ1) is 19.9. The Bertz CT molecular complexity index is 1820. The fourth-order valence-electron chi connectivity index (χ4n) is 5.60. The molecule has 0 spiro atoms. The van der Waals surface area contributed by atoms with Gasteiger partial charge in [0.1, 0.15) is 17.3 Å². The van der Waals surface area contributed by atoms with E-state index in [1.807, 2.05) is 30.3 Å². The topological polar surface area (TPSA) is 105 Å². The lowest BCUT2D eigenvalue weighted by atomic mass is 10.0. The fourth-order valence-corrected chi connectivity index (χ4v) is 6.64. The van der Waals surface area contributed by atoms with Gasteiger partial charge in [0.15, 0.2) is 0 Å². The molecule has 41 heavy (non-hydrogen) atoms. The van der Waals surface area contributed by atoms with E-state index in [0.29, 0.717) is 30.0 Å². The van der Waals surface area contributed by atoms with E-state index in [1.54, 1.807) is 46.4 Å². The molecule has 2 aliphatic rings. The Morgan fingerprint density at radius 2 is 2.02 bits per heavy atom. The molecule has 0 aliphatic carbocycles. The van der Waals surface area contributed by atoms with Crippen molar-refractivity contribution in [3.63, 3.8) is 0 Å². The molecular formula is C30H26FN7O2S. The summed E-state index contributed by atoms with van der Waals surface area (Å²) in [6.45, 7) is 1.46. The van der Waals surface area contributed by atoms with Gasteiger partial charge >= 0.3 is 0 Å². The monoisotopic (exact) mass is 567 g/mol. The number of amides is 2. The Hall–Kier alpha value is -4.48. The van der Waals surface area contributed by atoms with E-state index in [9.17, 15) is 9.59 Å². The normalized spacial score (nSPS) is 16.5. The van der Waals surface area contributed by atoms with Crippen LogP contribution in [0.15, 0.2) is 60.9 Å². The Balaban J connectivity index is 1.29. The summed E-state index contributed by atoms with van der Waals surface area (Å²) >= 11 is 1.59. The van der Waals surface area contributed by atoms with Crippen molar-refractivity contribution in [1.29, 1.82) is 0 Å². The van der Waals surface area contributed by atoms with Gasteiger partial charge in [-0.15, -0.1) is 16.4 Å². The molecule has 11 heteroatoms. The number of rotatable bonds is 5. The van der Waals surface area contributed by atoms with Crippen LogP contribution < -0.4 is 15.5 Å². The van der Waals surface area contributed by atoms with Crippen LogP contribution in [-0.4, -0.2) is 50.9 Å². The van der Waals surface area contributed by atoms with Crippen molar-refractivity contribution in [2.75, 3.05) is 23.3 Å². The molecule has 2 amide bonds. The Morgan fingerprint density at radius 1 is 1.15 bits per heavy atom. The summed E-state index contributed by atoms with van der Waals surface area (Å²) in [5.74, 6) is -0.553. The molecule has 0 unspecified atom stereocenters. The second-order valence-electron chi connectivity index (χ2n) is 10.4. The van der Waals surface area contributed by atoms with Gasteiger partial charge in [-0.25, -0.2) is 9.37 Å². The molecule has 2 aliphatic heterocycles. The zero-order chi connectivity index (χ0) is 28.1. The molecule has 2 N–H and O–H groups in total. The molecule has 1 atom stereocenters. The van der Waals surface area contributed by atoms with Gasteiger partial charge < -0.3 is 10.6 Å². The van der Waals surface area contributed by atoms with E-state index < -0.39 is 11.7 Å². The van der Waals surface area contributed by atoms with Crippen molar-refractivity contribution >= 4 is 44.7 Å². The first kappa shape index (κ1) is 25.5. The highest BCUT2D eigenvalue weighted by molar-refractivity contribution is 7.22. The lowest BCUT2D eigenvalue weighted by Crippen LogP contribution is -2.49. The van der Waals surface area contributed by atoms with E-state index in [2.05, 4.69) is 25.9 Å². The minimum absolute atomic E-state index is 0.00724. The molecule has 0 radical (unpaired) electrons. The van der Waals surface area contributed by atoms with Gasteiger partial charge in [-0.3, -0.25) is 19.2 Å². The lowest BCUT2D eigenvalue weighted by molar-refractivity contribution is -0.115. The Kier molecular flexibility index (Phi) is 6.32. The third-order valence-corrected chi connectivity index (χ3v) is 8.77. The molecule has 9 nitrogen and oxygen atoms in total. The van der Waals surface area contributed by atoms with Crippen molar-refractivity contribution in [2.45, 2.75) is 25.3 Å². The summed E-state index contributed by atoms with van der Waals surface area (Å²) in [6.07, 6.45) is 5.46. The number of hydrogen-bond donors (Lipinski definition) is 2. The maximum absolute atomic E-state index is 15.5. The smallest absolute Gasteiger partial charge is 0.262 e. The predicted molar refractivity (Wildman–Crippen MR) is 156 cm³/mol. The maximum Gasteiger partial charge on any atom is 0.262 e. The first-order valence-electron chi connectivity index (χ1n) is 13.5. The van der Waals surface area contributed by atoms with Crippen LogP contribution in [0.25, 0.3) is 31.8 Å². The second kappa shape index (κ2) is 10.2. The SMILES string of the molecule is Cn1cc(-c2ccc(C(=O)N(c3nccc4sc(-c5ccc6c(c5)NC(=O)C6)cc34)[C@@H]3CCCNC3)c(F)c2)nn1. The Labute approximate surface area is 239 Å². The highest BCUT2D eigenvalue weighted by Gasteiger charge is 2.32. The van der Waals surface area contributed by atoms with Crippen LogP contribution in [-0.2, 0) is 18.3 Å². The third-order valence-electron chi connectivity index (χ3n) is 7.62. The second-order valence-corrected chi connectivity index (χ2v) is 11.5. The minimum Gasteiger partial charge on any atom is -0.326 e. The number of carbonyl (C=O) groups excluding carboxylic acids is 2. The van der Waals surface area contributed by atoms with Crippen LogP contribution in [0.2, 0.25) is 0 Å². The molecule has 2 aromatic carbocycles. The number of fused-ring (bicyclic) bond motifs is 2.